The van der Waals surface area contributed by atoms with E-state index in [0.29, 0.717) is 6.61 Å². The minimum atomic E-state index is 0.643. The number of rotatable bonds is 8. The second-order valence-corrected chi connectivity index (χ2v) is 6.55. The Morgan fingerprint density at radius 1 is 0.923 bits per heavy atom. The molecular weight excluding hydrogens is 324 g/mol. The van der Waals surface area contributed by atoms with Gasteiger partial charge in [-0.1, -0.05) is 19.1 Å². The second-order valence-electron chi connectivity index (χ2n) is 6.55. The topological polar surface area (TPSA) is 34.6 Å². The summed E-state index contributed by atoms with van der Waals surface area (Å²) in [5, 5.41) is 1.04. The van der Waals surface area contributed by atoms with Crippen molar-refractivity contribution in [2.75, 3.05) is 33.9 Å². The predicted molar refractivity (Wildman–Crippen MR) is 107 cm³/mol. The summed E-state index contributed by atoms with van der Waals surface area (Å²) in [6.07, 6.45) is 1.00. The van der Waals surface area contributed by atoms with Crippen LogP contribution >= 0.6 is 0 Å². The minimum absolute atomic E-state index is 0.643. The van der Waals surface area contributed by atoms with Crippen LogP contribution in [0.2, 0.25) is 0 Å². The average Bonchev–Trinajstić information content (AvgIpc) is 2.66. The molecule has 4 nitrogen and oxygen atoms in total. The highest BCUT2D eigenvalue weighted by molar-refractivity contribution is 5.87. The largest absolute Gasteiger partial charge is 0.494 e. The first kappa shape index (κ1) is 18.2. The minimum Gasteiger partial charge on any atom is -0.494 e. The van der Waals surface area contributed by atoms with Crippen LogP contribution in [0.5, 0.6) is 11.5 Å². The molecule has 0 spiro atoms. The molecule has 26 heavy (non-hydrogen) atoms. The average molecular weight is 350 g/mol. The zero-order valence-corrected chi connectivity index (χ0v) is 15.7. The van der Waals surface area contributed by atoms with Crippen molar-refractivity contribution < 1.29 is 9.47 Å². The Balaban J connectivity index is 1.90. The third kappa shape index (κ3) is 4.52. The van der Waals surface area contributed by atoms with E-state index in [-0.39, 0.29) is 0 Å². The van der Waals surface area contributed by atoms with Gasteiger partial charge in [0.15, 0.2) is 0 Å². The van der Waals surface area contributed by atoms with Gasteiger partial charge in [-0.05, 0) is 56.9 Å². The summed E-state index contributed by atoms with van der Waals surface area (Å²) in [6, 6.07) is 18.2. The number of para-hydroxylation sites is 1. The molecule has 1 aromatic heterocycles. The Bertz CT molecular complexity index is 844. The van der Waals surface area contributed by atoms with E-state index < -0.39 is 0 Å². The van der Waals surface area contributed by atoms with E-state index in [4.69, 9.17) is 14.5 Å². The molecule has 0 aliphatic carbocycles. The highest BCUT2D eigenvalue weighted by atomic mass is 16.5. The van der Waals surface area contributed by atoms with Crippen LogP contribution in [0.15, 0.2) is 54.6 Å². The molecule has 0 saturated heterocycles. The molecule has 0 amide bonds. The fraction of sp³-hybridized carbons (Fsp3) is 0.318. The number of likely N-dealkylation sites (N-methyl/N-ethyl adjacent to an activating group) is 1. The molecule has 0 radical (unpaired) electrons. The monoisotopic (exact) mass is 350 g/mol. The van der Waals surface area contributed by atoms with Crippen LogP contribution < -0.4 is 9.47 Å². The number of hydrogen-bond donors (Lipinski definition) is 0. The normalized spacial score (nSPS) is 11.1. The lowest BCUT2D eigenvalue weighted by Crippen LogP contribution is -2.19. The predicted octanol–water partition coefficient (Wildman–Crippen LogP) is 4.63. The first-order valence-corrected chi connectivity index (χ1v) is 9.08. The Kier molecular flexibility index (Phi) is 6.08. The van der Waals surface area contributed by atoms with Crippen molar-refractivity contribution >= 4 is 10.9 Å². The van der Waals surface area contributed by atoms with Crippen molar-refractivity contribution in [2.45, 2.75) is 13.3 Å². The smallest absolute Gasteiger partial charge is 0.130 e. The first-order valence-electron chi connectivity index (χ1n) is 9.08. The summed E-state index contributed by atoms with van der Waals surface area (Å²) in [7, 11) is 4.09. The summed E-state index contributed by atoms with van der Waals surface area (Å²) in [5.41, 5.74) is 2.90. The maximum absolute atomic E-state index is 6.06. The maximum atomic E-state index is 6.06. The number of pyridine rings is 1. The van der Waals surface area contributed by atoms with E-state index in [2.05, 4.69) is 17.9 Å². The van der Waals surface area contributed by atoms with Gasteiger partial charge in [0.05, 0.1) is 17.8 Å². The van der Waals surface area contributed by atoms with Crippen LogP contribution in [0.4, 0.5) is 0 Å². The highest BCUT2D eigenvalue weighted by Crippen LogP contribution is 2.30. The fourth-order valence-electron chi connectivity index (χ4n) is 2.69. The van der Waals surface area contributed by atoms with E-state index >= 15 is 0 Å². The van der Waals surface area contributed by atoms with Gasteiger partial charge >= 0.3 is 0 Å². The molecule has 0 unspecified atom stereocenters. The van der Waals surface area contributed by atoms with Crippen LogP contribution in [-0.2, 0) is 0 Å². The first-order chi connectivity index (χ1) is 12.7. The van der Waals surface area contributed by atoms with Crippen LogP contribution in [0, 0.1) is 0 Å². The van der Waals surface area contributed by atoms with Crippen molar-refractivity contribution in [2.24, 2.45) is 0 Å². The summed E-state index contributed by atoms with van der Waals surface area (Å²) in [6.45, 7) is 4.35. The zero-order valence-electron chi connectivity index (χ0n) is 15.7. The molecule has 0 fully saturated rings. The Hall–Kier alpha value is -2.59. The van der Waals surface area contributed by atoms with Gasteiger partial charge in [0.2, 0.25) is 0 Å². The second kappa shape index (κ2) is 8.68. The van der Waals surface area contributed by atoms with Gasteiger partial charge in [0, 0.05) is 23.6 Å². The Morgan fingerprint density at radius 2 is 1.69 bits per heavy atom. The summed E-state index contributed by atoms with van der Waals surface area (Å²) >= 11 is 0. The molecule has 136 valence electrons. The van der Waals surface area contributed by atoms with Crippen molar-refractivity contribution in [3.8, 4) is 22.8 Å². The molecule has 2 aromatic carbocycles. The maximum Gasteiger partial charge on any atom is 0.130 e. The lowest BCUT2D eigenvalue weighted by molar-refractivity contribution is 0.263. The van der Waals surface area contributed by atoms with E-state index in [1.54, 1.807) is 0 Å². The molecule has 0 bridgehead atoms. The van der Waals surface area contributed by atoms with Crippen molar-refractivity contribution in [3.63, 3.8) is 0 Å². The van der Waals surface area contributed by atoms with Crippen LogP contribution in [0.25, 0.3) is 22.2 Å². The van der Waals surface area contributed by atoms with E-state index in [9.17, 15) is 0 Å². The van der Waals surface area contributed by atoms with Gasteiger partial charge in [0.1, 0.15) is 18.1 Å². The molecule has 0 saturated carbocycles. The Morgan fingerprint density at radius 3 is 2.42 bits per heavy atom. The van der Waals surface area contributed by atoms with Gasteiger partial charge in [-0.2, -0.15) is 0 Å². The highest BCUT2D eigenvalue weighted by Gasteiger charge is 2.09. The molecule has 0 aliphatic rings. The number of nitrogens with zero attached hydrogens (tertiary/aromatic N) is 2. The third-order valence-corrected chi connectivity index (χ3v) is 4.10. The van der Waals surface area contributed by atoms with E-state index in [0.717, 1.165) is 53.2 Å². The SMILES string of the molecule is CCCOc1ccc(-c2cc(OCCN(C)C)c3ccccc3n2)cc1. The third-order valence-electron chi connectivity index (χ3n) is 4.10. The van der Waals surface area contributed by atoms with Crippen LogP contribution in [0.3, 0.4) is 0 Å². The quantitative estimate of drug-likeness (QED) is 0.593. The zero-order chi connectivity index (χ0) is 18.4. The van der Waals surface area contributed by atoms with Crippen molar-refractivity contribution in [3.05, 3.63) is 54.6 Å². The number of ether oxygens (including phenoxy) is 2. The van der Waals surface area contributed by atoms with E-state index in [1.807, 2.05) is 62.6 Å². The molecule has 0 aliphatic heterocycles. The molecule has 3 rings (SSSR count). The molecule has 1 heterocycles. The van der Waals surface area contributed by atoms with Crippen molar-refractivity contribution in [1.29, 1.82) is 0 Å². The van der Waals surface area contributed by atoms with Gasteiger partial charge in [-0.3, -0.25) is 0 Å². The summed E-state index contributed by atoms with van der Waals surface area (Å²) in [5.74, 6) is 1.76. The van der Waals surface area contributed by atoms with Gasteiger partial charge in [-0.15, -0.1) is 0 Å². The van der Waals surface area contributed by atoms with Gasteiger partial charge in [0.25, 0.3) is 0 Å². The molecular formula is C22H26N2O2. The van der Waals surface area contributed by atoms with Gasteiger partial charge in [-0.25, -0.2) is 4.98 Å². The standard InChI is InChI=1S/C22H26N2O2/c1-4-14-25-18-11-9-17(10-12-18)21-16-22(26-15-13-24(2)3)19-7-5-6-8-20(19)23-21/h5-12,16H,4,13-15H2,1-3H3. The van der Waals surface area contributed by atoms with Gasteiger partial charge < -0.3 is 14.4 Å². The lowest BCUT2D eigenvalue weighted by atomic mass is 10.1. The lowest BCUT2D eigenvalue weighted by Gasteiger charge is -2.14. The van der Waals surface area contributed by atoms with Crippen molar-refractivity contribution in [1.82, 2.24) is 9.88 Å². The summed E-state index contributed by atoms with van der Waals surface area (Å²) < 4.78 is 11.7. The number of fused-ring (bicyclic) bond motifs is 1. The molecule has 4 heteroatoms. The Labute approximate surface area is 155 Å². The van der Waals surface area contributed by atoms with Crippen LogP contribution in [0.1, 0.15) is 13.3 Å². The number of benzene rings is 2. The number of hydrogen-bond acceptors (Lipinski definition) is 4. The molecule has 0 atom stereocenters. The molecule has 3 aromatic rings. The summed E-state index contributed by atoms with van der Waals surface area (Å²) in [4.78, 5) is 6.92. The molecule has 0 N–H and O–H groups in total. The number of aromatic nitrogens is 1. The van der Waals surface area contributed by atoms with Crippen LogP contribution in [-0.4, -0.2) is 43.7 Å². The fourth-order valence-corrected chi connectivity index (χ4v) is 2.69. The van der Waals surface area contributed by atoms with E-state index in [1.165, 1.54) is 0 Å².